The molecule has 0 rings (SSSR count). The van der Waals surface area contributed by atoms with E-state index in [9.17, 15) is 4.79 Å². The lowest BCUT2D eigenvalue weighted by atomic mass is 10.5. The number of primary amides is 1. The van der Waals surface area contributed by atoms with Gasteiger partial charge in [-0.25, -0.2) is 0 Å². The zero-order valence-corrected chi connectivity index (χ0v) is 4.79. The minimum atomic E-state index is -0.278. The van der Waals surface area contributed by atoms with Crippen LogP contribution in [-0.4, -0.2) is 11.6 Å². The maximum Gasteiger partial charge on any atom is 0.224 e. The maximum atomic E-state index is 9.90. The van der Waals surface area contributed by atoms with Gasteiger partial charge in [0.1, 0.15) is 0 Å². The summed E-state index contributed by atoms with van der Waals surface area (Å²) in [5.74, 6) is -0.278. The third-order valence-corrected chi connectivity index (χ3v) is 0.777. The molecule has 2 nitrogen and oxygen atoms in total. The molecule has 1 amide bonds. The highest BCUT2D eigenvalue weighted by atomic mass is 31.0. The first-order valence-corrected chi connectivity index (χ1v) is 2.36. The van der Waals surface area contributed by atoms with Crippen molar-refractivity contribution in [2.75, 3.05) is 0 Å². The first-order valence-electron chi connectivity index (χ1n) is 1.69. The van der Waals surface area contributed by atoms with Gasteiger partial charge in [-0.15, -0.1) is 9.24 Å². The fourth-order valence-corrected chi connectivity index (χ4v) is 0. The summed E-state index contributed by atoms with van der Waals surface area (Å²) in [7, 11) is 2.30. The van der Waals surface area contributed by atoms with Gasteiger partial charge in [0.15, 0.2) is 0 Å². The van der Waals surface area contributed by atoms with Crippen LogP contribution in [0, 0.1) is 0 Å². The Morgan fingerprint density at radius 1 is 2.00 bits per heavy atom. The van der Waals surface area contributed by atoms with E-state index in [2.05, 4.69) is 9.24 Å². The second-order valence-electron chi connectivity index (χ2n) is 1.19. The minimum absolute atomic E-state index is 0.0926. The van der Waals surface area contributed by atoms with E-state index in [0.717, 1.165) is 0 Å². The van der Waals surface area contributed by atoms with Crippen LogP contribution in [0.5, 0.6) is 0 Å². The molecule has 0 saturated carbocycles. The molecular weight excluding hydrogens is 97.0 g/mol. The standard InChI is InChI=1S/C3H8NOP/c1-2(6)3(4)5/h2H,6H2,1H3,(H2,4,5). The number of nitrogens with two attached hydrogens (primary N) is 1. The average molecular weight is 105 g/mol. The second-order valence-corrected chi connectivity index (χ2v) is 2.19. The van der Waals surface area contributed by atoms with E-state index in [4.69, 9.17) is 5.73 Å². The quantitative estimate of drug-likeness (QED) is 0.458. The Bertz CT molecular complexity index is 61.8. The Hall–Kier alpha value is -0.100. The number of carbonyl (C=O) groups is 1. The summed E-state index contributed by atoms with van der Waals surface area (Å²) in [6.45, 7) is 1.73. The highest BCUT2D eigenvalue weighted by molar-refractivity contribution is 7.19. The molecule has 0 spiro atoms. The molecule has 0 bridgehead atoms. The molecule has 2 N–H and O–H groups in total. The second kappa shape index (κ2) is 2.14. The van der Waals surface area contributed by atoms with Crippen molar-refractivity contribution in [3.63, 3.8) is 0 Å². The summed E-state index contributed by atoms with van der Waals surface area (Å²) in [5.41, 5.74) is 4.68. The van der Waals surface area contributed by atoms with Crippen LogP contribution in [0.1, 0.15) is 6.92 Å². The van der Waals surface area contributed by atoms with Gasteiger partial charge in [-0.05, 0) is 0 Å². The van der Waals surface area contributed by atoms with Crippen molar-refractivity contribution in [1.82, 2.24) is 0 Å². The fraction of sp³-hybridized carbons (Fsp3) is 0.667. The molecule has 0 aromatic rings. The predicted octanol–water partition coefficient (Wildman–Crippen LogP) is -0.265. The van der Waals surface area contributed by atoms with E-state index in [-0.39, 0.29) is 11.6 Å². The van der Waals surface area contributed by atoms with Gasteiger partial charge in [-0.3, -0.25) is 4.79 Å². The van der Waals surface area contributed by atoms with Crippen molar-refractivity contribution in [2.24, 2.45) is 5.73 Å². The summed E-state index contributed by atoms with van der Waals surface area (Å²) in [4.78, 5) is 9.90. The zero-order valence-electron chi connectivity index (χ0n) is 3.64. The van der Waals surface area contributed by atoms with Crippen LogP contribution in [0.25, 0.3) is 0 Å². The van der Waals surface area contributed by atoms with E-state index in [1.165, 1.54) is 0 Å². The molecule has 2 atom stereocenters. The molecule has 0 aliphatic rings. The van der Waals surface area contributed by atoms with Crippen LogP contribution in [-0.2, 0) is 4.79 Å². The third kappa shape index (κ3) is 2.16. The maximum absolute atomic E-state index is 9.90. The van der Waals surface area contributed by atoms with Crippen molar-refractivity contribution < 1.29 is 4.79 Å². The Labute approximate surface area is 39.3 Å². The summed E-state index contributed by atoms with van der Waals surface area (Å²) in [6, 6.07) is 0. The van der Waals surface area contributed by atoms with E-state index < -0.39 is 0 Å². The molecular formula is C3H8NOP. The lowest BCUT2D eigenvalue weighted by molar-refractivity contribution is -0.117. The molecule has 0 aromatic heterocycles. The van der Waals surface area contributed by atoms with Gasteiger partial charge in [0.05, 0.1) is 0 Å². The molecule has 0 aliphatic heterocycles. The summed E-state index contributed by atoms with van der Waals surface area (Å²) < 4.78 is 0. The first-order chi connectivity index (χ1) is 2.64. The summed E-state index contributed by atoms with van der Waals surface area (Å²) in [6.07, 6.45) is 0. The SMILES string of the molecule is CC(P)C(N)=O. The molecule has 0 saturated heterocycles. The monoisotopic (exact) mass is 105 g/mol. The van der Waals surface area contributed by atoms with Gasteiger partial charge >= 0.3 is 0 Å². The minimum Gasteiger partial charge on any atom is -0.369 e. The predicted molar refractivity (Wildman–Crippen MR) is 28.4 cm³/mol. The van der Waals surface area contributed by atoms with Gasteiger partial charge in [-0.2, -0.15) is 0 Å². The molecule has 2 unspecified atom stereocenters. The molecule has 0 fully saturated rings. The molecule has 3 heteroatoms. The lowest BCUT2D eigenvalue weighted by Crippen LogP contribution is -2.19. The third-order valence-electron chi connectivity index (χ3n) is 0.449. The Kier molecular flexibility index (Phi) is 2.11. The Morgan fingerprint density at radius 2 is 2.17 bits per heavy atom. The fourth-order valence-electron chi connectivity index (χ4n) is 0. The van der Waals surface area contributed by atoms with Crippen LogP contribution in [0.4, 0.5) is 0 Å². The number of amides is 1. The molecule has 0 aromatic carbocycles. The highest BCUT2D eigenvalue weighted by Crippen LogP contribution is 1.92. The molecule has 0 aliphatic carbocycles. The van der Waals surface area contributed by atoms with Crippen molar-refractivity contribution in [2.45, 2.75) is 12.6 Å². The van der Waals surface area contributed by atoms with Crippen LogP contribution < -0.4 is 5.73 Å². The lowest BCUT2D eigenvalue weighted by Gasteiger charge is -1.90. The molecule has 0 radical (unpaired) electrons. The van der Waals surface area contributed by atoms with E-state index in [1.54, 1.807) is 6.92 Å². The topological polar surface area (TPSA) is 43.1 Å². The number of carbonyl (C=O) groups excluding carboxylic acids is 1. The average Bonchev–Trinajstić information content (AvgIpc) is 1.36. The van der Waals surface area contributed by atoms with Crippen molar-refractivity contribution in [3.05, 3.63) is 0 Å². The van der Waals surface area contributed by atoms with E-state index in [0.29, 0.717) is 0 Å². The number of hydrogen-bond donors (Lipinski definition) is 1. The Morgan fingerprint density at radius 3 is 2.17 bits per heavy atom. The molecule has 0 heterocycles. The van der Waals surface area contributed by atoms with Crippen molar-refractivity contribution >= 4 is 15.1 Å². The van der Waals surface area contributed by atoms with Crippen LogP contribution in [0.15, 0.2) is 0 Å². The smallest absolute Gasteiger partial charge is 0.224 e. The Balaban J connectivity index is 3.26. The molecule has 36 valence electrons. The first kappa shape index (κ1) is 5.90. The highest BCUT2D eigenvalue weighted by Gasteiger charge is 1.96. The van der Waals surface area contributed by atoms with Gasteiger partial charge in [0.25, 0.3) is 0 Å². The summed E-state index contributed by atoms with van der Waals surface area (Å²) >= 11 is 0. The van der Waals surface area contributed by atoms with Crippen LogP contribution >= 0.6 is 9.24 Å². The largest absolute Gasteiger partial charge is 0.369 e. The number of rotatable bonds is 1. The van der Waals surface area contributed by atoms with Gasteiger partial charge in [0.2, 0.25) is 5.91 Å². The van der Waals surface area contributed by atoms with Crippen molar-refractivity contribution in [3.8, 4) is 0 Å². The molecule has 6 heavy (non-hydrogen) atoms. The van der Waals surface area contributed by atoms with E-state index in [1.807, 2.05) is 0 Å². The van der Waals surface area contributed by atoms with Crippen LogP contribution in [0.3, 0.4) is 0 Å². The number of hydrogen-bond acceptors (Lipinski definition) is 1. The van der Waals surface area contributed by atoms with Crippen LogP contribution in [0.2, 0.25) is 0 Å². The van der Waals surface area contributed by atoms with Gasteiger partial charge in [-0.1, -0.05) is 6.92 Å². The zero-order chi connectivity index (χ0) is 5.15. The summed E-state index contributed by atoms with van der Waals surface area (Å²) in [5, 5.41) is 0. The van der Waals surface area contributed by atoms with Crippen molar-refractivity contribution in [1.29, 1.82) is 0 Å². The normalized spacial score (nSPS) is 13.7. The van der Waals surface area contributed by atoms with Gasteiger partial charge in [0, 0.05) is 5.66 Å². The van der Waals surface area contributed by atoms with Gasteiger partial charge < -0.3 is 5.73 Å². The van der Waals surface area contributed by atoms with E-state index >= 15 is 0 Å².